The number of aromatic nitrogens is 1. The molecule has 0 aromatic carbocycles. The molecule has 1 aromatic rings. The molecule has 1 aliphatic rings. The van der Waals surface area contributed by atoms with Gasteiger partial charge in [-0.25, -0.2) is 4.98 Å². The van der Waals surface area contributed by atoms with Crippen molar-refractivity contribution >= 4 is 17.2 Å². The summed E-state index contributed by atoms with van der Waals surface area (Å²) in [6.07, 6.45) is 2.07. The largest absolute Gasteiger partial charge is 0.347 e. The molecule has 2 rings (SSSR count). The summed E-state index contributed by atoms with van der Waals surface area (Å²) in [6.45, 7) is 5.80. The van der Waals surface area contributed by atoms with Gasteiger partial charge >= 0.3 is 0 Å². The fourth-order valence-corrected chi connectivity index (χ4v) is 2.84. The standard InChI is InChI=1S/C12H19N3OS/c1-8-7-17-12(14-8)9(2)15-11(16)10-4-3-5-13-6-10/h7,9-10,13H,3-6H2,1-2H3,(H,15,16)/t9?,10-/m0/s1. The van der Waals surface area contributed by atoms with Gasteiger partial charge in [0.1, 0.15) is 5.01 Å². The Labute approximate surface area is 106 Å². The lowest BCUT2D eigenvalue weighted by molar-refractivity contribution is -0.126. The van der Waals surface area contributed by atoms with Crippen LogP contribution in [0.15, 0.2) is 5.38 Å². The predicted molar refractivity (Wildman–Crippen MR) is 69.0 cm³/mol. The summed E-state index contributed by atoms with van der Waals surface area (Å²) in [5, 5.41) is 9.31. The molecule has 1 fully saturated rings. The maximum absolute atomic E-state index is 12.0. The lowest BCUT2D eigenvalue weighted by Gasteiger charge is -2.23. The number of rotatable bonds is 3. The van der Waals surface area contributed by atoms with E-state index >= 15 is 0 Å². The predicted octanol–water partition coefficient (Wildman–Crippen LogP) is 1.63. The highest BCUT2D eigenvalue weighted by atomic mass is 32.1. The number of thiazole rings is 1. The molecular formula is C12H19N3OS. The molecule has 0 saturated carbocycles. The van der Waals surface area contributed by atoms with Crippen LogP contribution in [0.3, 0.4) is 0 Å². The molecule has 0 spiro atoms. The number of piperidine rings is 1. The molecule has 94 valence electrons. The molecule has 1 saturated heterocycles. The van der Waals surface area contributed by atoms with Gasteiger partial charge in [-0.2, -0.15) is 0 Å². The summed E-state index contributed by atoms with van der Waals surface area (Å²) >= 11 is 1.60. The number of carbonyl (C=O) groups excluding carboxylic acids is 1. The normalized spacial score (nSPS) is 22.1. The molecule has 1 unspecified atom stereocenters. The Kier molecular flexibility index (Phi) is 4.12. The number of aryl methyl sites for hydroxylation is 1. The van der Waals surface area contributed by atoms with E-state index in [1.807, 2.05) is 19.2 Å². The molecule has 2 N–H and O–H groups in total. The van der Waals surface area contributed by atoms with E-state index in [1.165, 1.54) is 0 Å². The van der Waals surface area contributed by atoms with Gasteiger partial charge < -0.3 is 10.6 Å². The lowest BCUT2D eigenvalue weighted by atomic mass is 9.98. The summed E-state index contributed by atoms with van der Waals surface area (Å²) in [6, 6.07) is 0.0168. The summed E-state index contributed by atoms with van der Waals surface area (Å²) < 4.78 is 0. The lowest BCUT2D eigenvalue weighted by Crippen LogP contribution is -2.41. The van der Waals surface area contributed by atoms with Crippen LogP contribution in [0.2, 0.25) is 0 Å². The van der Waals surface area contributed by atoms with Crippen molar-refractivity contribution in [3.8, 4) is 0 Å². The Morgan fingerprint density at radius 2 is 2.53 bits per heavy atom. The van der Waals surface area contributed by atoms with Gasteiger partial charge in [0.15, 0.2) is 0 Å². The first-order chi connectivity index (χ1) is 8.16. The molecule has 1 aromatic heterocycles. The quantitative estimate of drug-likeness (QED) is 0.861. The molecule has 5 heteroatoms. The number of hydrogen-bond acceptors (Lipinski definition) is 4. The highest BCUT2D eigenvalue weighted by Crippen LogP contribution is 2.19. The maximum Gasteiger partial charge on any atom is 0.224 e. The zero-order valence-electron chi connectivity index (χ0n) is 10.3. The minimum atomic E-state index is 0.0168. The fourth-order valence-electron chi connectivity index (χ4n) is 2.04. The van der Waals surface area contributed by atoms with Crippen molar-refractivity contribution < 1.29 is 4.79 Å². The van der Waals surface area contributed by atoms with Crippen LogP contribution in [0, 0.1) is 12.8 Å². The second kappa shape index (κ2) is 5.60. The SMILES string of the molecule is Cc1csc(C(C)NC(=O)[C@H]2CCCNC2)n1. The van der Waals surface area contributed by atoms with Crippen molar-refractivity contribution in [2.24, 2.45) is 5.92 Å². The highest BCUT2D eigenvalue weighted by molar-refractivity contribution is 7.09. The van der Waals surface area contributed by atoms with E-state index in [9.17, 15) is 4.79 Å². The van der Waals surface area contributed by atoms with Crippen LogP contribution in [-0.2, 0) is 4.79 Å². The van der Waals surface area contributed by atoms with Crippen LogP contribution < -0.4 is 10.6 Å². The van der Waals surface area contributed by atoms with Crippen molar-refractivity contribution in [3.05, 3.63) is 16.1 Å². The van der Waals surface area contributed by atoms with Gasteiger partial charge in [0.2, 0.25) is 5.91 Å². The summed E-state index contributed by atoms with van der Waals surface area (Å²) in [7, 11) is 0. The zero-order chi connectivity index (χ0) is 12.3. The van der Waals surface area contributed by atoms with E-state index in [1.54, 1.807) is 11.3 Å². The Balaban J connectivity index is 1.89. The summed E-state index contributed by atoms with van der Waals surface area (Å²) in [5.74, 6) is 0.268. The van der Waals surface area contributed by atoms with Gasteiger partial charge in [-0.3, -0.25) is 4.79 Å². The highest BCUT2D eigenvalue weighted by Gasteiger charge is 2.23. The Morgan fingerprint density at radius 3 is 3.12 bits per heavy atom. The summed E-state index contributed by atoms with van der Waals surface area (Å²) in [4.78, 5) is 16.4. The number of amides is 1. The minimum absolute atomic E-state index is 0.0168. The third-order valence-corrected chi connectivity index (χ3v) is 4.18. The van der Waals surface area contributed by atoms with Crippen LogP contribution in [0.4, 0.5) is 0 Å². The third kappa shape index (κ3) is 3.26. The van der Waals surface area contributed by atoms with Crippen molar-refractivity contribution in [1.29, 1.82) is 0 Å². The molecule has 4 nitrogen and oxygen atoms in total. The van der Waals surface area contributed by atoms with Crippen LogP contribution in [0.1, 0.15) is 36.5 Å². The Bertz CT molecular complexity index is 385. The van der Waals surface area contributed by atoms with Gasteiger partial charge in [-0.15, -0.1) is 11.3 Å². The topological polar surface area (TPSA) is 54.0 Å². The van der Waals surface area contributed by atoms with Gasteiger partial charge in [0.05, 0.1) is 12.0 Å². The molecule has 0 bridgehead atoms. The van der Waals surface area contributed by atoms with E-state index in [0.717, 1.165) is 36.6 Å². The van der Waals surface area contributed by atoms with Crippen molar-refractivity contribution in [3.63, 3.8) is 0 Å². The molecule has 2 atom stereocenters. The first-order valence-electron chi connectivity index (χ1n) is 6.10. The monoisotopic (exact) mass is 253 g/mol. The molecule has 0 radical (unpaired) electrons. The van der Waals surface area contributed by atoms with Gasteiger partial charge in [-0.05, 0) is 33.2 Å². The summed E-state index contributed by atoms with van der Waals surface area (Å²) in [5.41, 5.74) is 1.02. The number of hydrogen-bond donors (Lipinski definition) is 2. The van der Waals surface area contributed by atoms with Crippen molar-refractivity contribution in [2.75, 3.05) is 13.1 Å². The molecule has 1 aliphatic heterocycles. The van der Waals surface area contributed by atoms with Gasteiger partial charge in [0.25, 0.3) is 0 Å². The third-order valence-electron chi connectivity index (χ3n) is 3.03. The van der Waals surface area contributed by atoms with Gasteiger partial charge in [-0.1, -0.05) is 0 Å². The van der Waals surface area contributed by atoms with Crippen LogP contribution >= 0.6 is 11.3 Å². The van der Waals surface area contributed by atoms with Crippen LogP contribution in [0.5, 0.6) is 0 Å². The average molecular weight is 253 g/mol. The first kappa shape index (κ1) is 12.5. The van der Waals surface area contributed by atoms with Crippen molar-refractivity contribution in [1.82, 2.24) is 15.6 Å². The number of carbonyl (C=O) groups is 1. The second-order valence-corrected chi connectivity index (χ2v) is 5.49. The van der Waals surface area contributed by atoms with E-state index in [2.05, 4.69) is 15.6 Å². The smallest absolute Gasteiger partial charge is 0.224 e. The number of nitrogens with zero attached hydrogens (tertiary/aromatic N) is 1. The second-order valence-electron chi connectivity index (χ2n) is 4.60. The number of nitrogens with one attached hydrogen (secondary N) is 2. The Hall–Kier alpha value is -0.940. The fraction of sp³-hybridized carbons (Fsp3) is 0.667. The van der Waals surface area contributed by atoms with Crippen LogP contribution in [-0.4, -0.2) is 24.0 Å². The molecule has 17 heavy (non-hydrogen) atoms. The zero-order valence-corrected chi connectivity index (χ0v) is 11.1. The van der Waals surface area contributed by atoms with E-state index in [4.69, 9.17) is 0 Å². The van der Waals surface area contributed by atoms with E-state index in [0.29, 0.717) is 0 Å². The average Bonchev–Trinajstić information content (AvgIpc) is 2.77. The van der Waals surface area contributed by atoms with Crippen LogP contribution in [0.25, 0.3) is 0 Å². The van der Waals surface area contributed by atoms with Gasteiger partial charge in [0, 0.05) is 17.6 Å². The minimum Gasteiger partial charge on any atom is -0.347 e. The maximum atomic E-state index is 12.0. The van der Waals surface area contributed by atoms with Crippen molar-refractivity contribution in [2.45, 2.75) is 32.7 Å². The van der Waals surface area contributed by atoms with E-state index < -0.39 is 0 Å². The molecule has 0 aliphatic carbocycles. The molecule has 1 amide bonds. The first-order valence-corrected chi connectivity index (χ1v) is 6.98. The molecule has 2 heterocycles. The van der Waals surface area contributed by atoms with E-state index in [-0.39, 0.29) is 17.9 Å². The molecular weight excluding hydrogens is 234 g/mol. The Morgan fingerprint density at radius 1 is 1.71 bits per heavy atom.